The van der Waals surface area contributed by atoms with Gasteiger partial charge in [0.2, 0.25) is 0 Å². The highest BCUT2D eigenvalue weighted by atomic mass is 32.1. The SMILES string of the molecule is CCNCc1occc1CN1CCc2sccc2C1C. The zero-order chi connectivity index (χ0) is 13.9. The summed E-state index contributed by atoms with van der Waals surface area (Å²) in [6.07, 6.45) is 2.99. The Morgan fingerprint density at radius 1 is 1.45 bits per heavy atom. The average Bonchev–Trinajstić information content (AvgIpc) is 3.09. The Morgan fingerprint density at radius 3 is 3.20 bits per heavy atom. The third kappa shape index (κ3) is 2.68. The summed E-state index contributed by atoms with van der Waals surface area (Å²) in [6, 6.07) is 4.90. The van der Waals surface area contributed by atoms with Crippen molar-refractivity contribution in [1.29, 1.82) is 0 Å². The molecular formula is C16H22N2OS. The van der Waals surface area contributed by atoms with Crippen LogP contribution in [0, 0.1) is 0 Å². The number of rotatable bonds is 5. The minimum absolute atomic E-state index is 0.506. The van der Waals surface area contributed by atoms with Crippen LogP contribution in [0.4, 0.5) is 0 Å². The van der Waals surface area contributed by atoms with Gasteiger partial charge in [-0.05, 0) is 43.0 Å². The number of thiophene rings is 1. The molecule has 0 aliphatic carbocycles. The maximum absolute atomic E-state index is 5.61. The predicted octanol–water partition coefficient (Wildman–Crippen LogP) is 3.57. The Bertz CT molecular complexity index is 560. The monoisotopic (exact) mass is 290 g/mol. The van der Waals surface area contributed by atoms with E-state index in [2.05, 4.69) is 41.6 Å². The van der Waals surface area contributed by atoms with Gasteiger partial charge in [0.15, 0.2) is 0 Å². The highest BCUT2D eigenvalue weighted by Crippen LogP contribution is 2.34. The van der Waals surface area contributed by atoms with Crippen molar-refractivity contribution in [3.8, 4) is 0 Å². The van der Waals surface area contributed by atoms with Crippen LogP contribution in [0.25, 0.3) is 0 Å². The first-order chi connectivity index (χ1) is 9.79. The second-order valence-corrected chi connectivity index (χ2v) is 6.35. The van der Waals surface area contributed by atoms with Gasteiger partial charge in [0.05, 0.1) is 12.8 Å². The fourth-order valence-electron chi connectivity index (χ4n) is 2.90. The summed E-state index contributed by atoms with van der Waals surface area (Å²) >= 11 is 1.90. The number of fused-ring (bicyclic) bond motifs is 1. The van der Waals surface area contributed by atoms with E-state index in [9.17, 15) is 0 Å². The molecule has 1 N–H and O–H groups in total. The summed E-state index contributed by atoms with van der Waals surface area (Å²) in [7, 11) is 0. The number of hydrogen-bond donors (Lipinski definition) is 1. The molecule has 0 amide bonds. The van der Waals surface area contributed by atoms with E-state index in [4.69, 9.17) is 4.42 Å². The van der Waals surface area contributed by atoms with Gasteiger partial charge >= 0.3 is 0 Å². The first kappa shape index (κ1) is 13.9. The lowest BCUT2D eigenvalue weighted by Crippen LogP contribution is -2.32. The molecule has 0 aromatic carbocycles. The van der Waals surface area contributed by atoms with Gasteiger partial charge in [-0.2, -0.15) is 0 Å². The molecule has 0 saturated carbocycles. The lowest BCUT2D eigenvalue weighted by Gasteiger charge is -2.33. The third-order valence-electron chi connectivity index (χ3n) is 4.15. The molecule has 1 atom stereocenters. The van der Waals surface area contributed by atoms with Crippen LogP contribution in [0.3, 0.4) is 0 Å². The highest BCUT2D eigenvalue weighted by Gasteiger charge is 2.25. The lowest BCUT2D eigenvalue weighted by atomic mass is 10.0. The second-order valence-electron chi connectivity index (χ2n) is 5.34. The second kappa shape index (κ2) is 6.12. The molecule has 2 aromatic rings. The van der Waals surface area contributed by atoms with Gasteiger partial charge in [-0.15, -0.1) is 11.3 Å². The summed E-state index contributed by atoms with van der Waals surface area (Å²) in [6.45, 7) is 8.35. The van der Waals surface area contributed by atoms with E-state index in [-0.39, 0.29) is 0 Å². The van der Waals surface area contributed by atoms with Crippen LogP contribution >= 0.6 is 11.3 Å². The summed E-state index contributed by atoms with van der Waals surface area (Å²) in [5.74, 6) is 1.08. The van der Waals surface area contributed by atoms with Gasteiger partial charge in [0, 0.05) is 29.6 Å². The fraction of sp³-hybridized carbons (Fsp3) is 0.500. The molecule has 108 valence electrons. The lowest BCUT2D eigenvalue weighted by molar-refractivity contribution is 0.190. The standard InChI is InChI=1S/C16H22N2OS/c1-3-17-10-15-13(5-8-19-15)11-18-7-4-16-14(12(18)2)6-9-20-16/h5-6,8-9,12,17H,3-4,7,10-11H2,1-2H3. The Kier molecular flexibility index (Phi) is 4.24. The van der Waals surface area contributed by atoms with Crippen molar-refractivity contribution >= 4 is 11.3 Å². The Labute approximate surface area is 124 Å². The number of nitrogens with zero attached hydrogens (tertiary/aromatic N) is 1. The largest absolute Gasteiger partial charge is 0.468 e. The maximum Gasteiger partial charge on any atom is 0.122 e. The van der Waals surface area contributed by atoms with Crippen LogP contribution < -0.4 is 5.32 Å². The van der Waals surface area contributed by atoms with Crippen molar-refractivity contribution in [2.75, 3.05) is 13.1 Å². The molecule has 2 aromatic heterocycles. The van der Waals surface area contributed by atoms with Crippen molar-refractivity contribution in [3.63, 3.8) is 0 Å². The first-order valence-electron chi connectivity index (χ1n) is 7.36. The number of nitrogens with one attached hydrogen (secondary N) is 1. The molecule has 3 nitrogen and oxygen atoms in total. The minimum Gasteiger partial charge on any atom is -0.468 e. The Balaban J connectivity index is 1.71. The molecule has 0 spiro atoms. The maximum atomic E-state index is 5.61. The molecule has 1 aliphatic heterocycles. The van der Waals surface area contributed by atoms with E-state index in [1.807, 2.05) is 17.6 Å². The van der Waals surface area contributed by atoms with Gasteiger partial charge in [-0.3, -0.25) is 4.90 Å². The quantitative estimate of drug-likeness (QED) is 0.912. The van der Waals surface area contributed by atoms with E-state index in [1.54, 1.807) is 4.88 Å². The molecule has 1 unspecified atom stereocenters. The molecule has 0 fully saturated rings. The van der Waals surface area contributed by atoms with Crippen LogP contribution in [0.5, 0.6) is 0 Å². The molecule has 3 heterocycles. The average molecular weight is 290 g/mol. The van der Waals surface area contributed by atoms with E-state index < -0.39 is 0 Å². The molecule has 4 heteroatoms. The zero-order valence-corrected chi connectivity index (χ0v) is 13.0. The van der Waals surface area contributed by atoms with Crippen molar-refractivity contribution in [1.82, 2.24) is 10.2 Å². The summed E-state index contributed by atoms with van der Waals surface area (Å²) in [5, 5.41) is 5.56. The van der Waals surface area contributed by atoms with Crippen LogP contribution in [0.1, 0.15) is 41.7 Å². The normalized spacial score (nSPS) is 19.2. The highest BCUT2D eigenvalue weighted by molar-refractivity contribution is 7.10. The molecule has 1 aliphatic rings. The van der Waals surface area contributed by atoms with E-state index in [0.29, 0.717) is 6.04 Å². The van der Waals surface area contributed by atoms with E-state index in [0.717, 1.165) is 31.9 Å². The van der Waals surface area contributed by atoms with Gasteiger partial charge in [0.25, 0.3) is 0 Å². The first-order valence-corrected chi connectivity index (χ1v) is 8.23. The van der Waals surface area contributed by atoms with Gasteiger partial charge < -0.3 is 9.73 Å². The number of furan rings is 1. The Hall–Kier alpha value is -1.10. The van der Waals surface area contributed by atoms with Crippen molar-refractivity contribution < 1.29 is 4.42 Å². The van der Waals surface area contributed by atoms with E-state index >= 15 is 0 Å². The molecule has 0 bridgehead atoms. The summed E-state index contributed by atoms with van der Waals surface area (Å²) in [5.41, 5.74) is 2.83. The molecular weight excluding hydrogens is 268 g/mol. The molecule has 0 saturated heterocycles. The van der Waals surface area contributed by atoms with Crippen LogP contribution in [0.15, 0.2) is 28.2 Å². The van der Waals surface area contributed by atoms with Crippen molar-refractivity contribution in [3.05, 3.63) is 45.5 Å². The Morgan fingerprint density at radius 2 is 2.35 bits per heavy atom. The van der Waals surface area contributed by atoms with Gasteiger partial charge in [-0.25, -0.2) is 0 Å². The van der Waals surface area contributed by atoms with Gasteiger partial charge in [0.1, 0.15) is 5.76 Å². The summed E-state index contributed by atoms with van der Waals surface area (Å²) in [4.78, 5) is 4.11. The minimum atomic E-state index is 0.506. The zero-order valence-electron chi connectivity index (χ0n) is 12.2. The molecule has 0 radical (unpaired) electrons. The summed E-state index contributed by atoms with van der Waals surface area (Å²) < 4.78 is 5.61. The fourth-order valence-corrected chi connectivity index (χ4v) is 3.86. The molecule has 20 heavy (non-hydrogen) atoms. The van der Waals surface area contributed by atoms with Crippen molar-refractivity contribution in [2.24, 2.45) is 0 Å². The third-order valence-corrected chi connectivity index (χ3v) is 5.15. The number of hydrogen-bond acceptors (Lipinski definition) is 4. The van der Waals surface area contributed by atoms with Gasteiger partial charge in [-0.1, -0.05) is 6.92 Å². The smallest absolute Gasteiger partial charge is 0.122 e. The topological polar surface area (TPSA) is 28.4 Å². The van der Waals surface area contributed by atoms with Crippen LogP contribution in [-0.2, 0) is 19.5 Å². The van der Waals surface area contributed by atoms with Crippen LogP contribution in [-0.4, -0.2) is 18.0 Å². The predicted molar refractivity (Wildman–Crippen MR) is 82.9 cm³/mol. The molecule has 3 rings (SSSR count). The van der Waals surface area contributed by atoms with Crippen molar-refractivity contribution in [2.45, 2.75) is 39.4 Å². The van der Waals surface area contributed by atoms with E-state index in [1.165, 1.54) is 17.5 Å². The van der Waals surface area contributed by atoms with Crippen LogP contribution in [0.2, 0.25) is 0 Å².